The largest absolute Gasteiger partial charge is 0.337 e. The summed E-state index contributed by atoms with van der Waals surface area (Å²) in [7, 11) is 0. The van der Waals surface area contributed by atoms with E-state index >= 15 is 0 Å². The first-order valence-corrected chi connectivity index (χ1v) is 6.30. The summed E-state index contributed by atoms with van der Waals surface area (Å²) in [6.07, 6.45) is 0.924. The summed E-state index contributed by atoms with van der Waals surface area (Å²) < 4.78 is 13.0. The highest BCUT2D eigenvalue weighted by Gasteiger charge is 2.27. The molecule has 0 aromatic heterocycles. The van der Waals surface area contributed by atoms with Crippen molar-refractivity contribution in [3.63, 3.8) is 0 Å². The van der Waals surface area contributed by atoms with Crippen LogP contribution in [0.1, 0.15) is 29.3 Å². The van der Waals surface area contributed by atoms with Crippen molar-refractivity contribution in [2.75, 3.05) is 13.1 Å². The third-order valence-corrected chi connectivity index (χ3v) is 3.72. The molecule has 0 spiro atoms. The Kier molecular flexibility index (Phi) is 3.66. The van der Waals surface area contributed by atoms with Gasteiger partial charge < -0.3 is 10.6 Å². The van der Waals surface area contributed by atoms with Gasteiger partial charge in [-0.15, -0.1) is 0 Å². The van der Waals surface area contributed by atoms with Crippen LogP contribution in [0.2, 0.25) is 0 Å². The summed E-state index contributed by atoms with van der Waals surface area (Å²) in [5, 5.41) is 0. The lowest BCUT2D eigenvalue weighted by molar-refractivity contribution is 0.0671. The van der Waals surface area contributed by atoms with Gasteiger partial charge in [0, 0.05) is 24.7 Å². The van der Waals surface area contributed by atoms with Crippen LogP contribution in [0.5, 0.6) is 0 Å². The van der Waals surface area contributed by atoms with Crippen molar-refractivity contribution in [2.45, 2.75) is 26.3 Å². The van der Waals surface area contributed by atoms with E-state index in [1.54, 1.807) is 17.9 Å². The Morgan fingerprint density at radius 1 is 1.50 bits per heavy atom. The fraction of sp³-hybridized carbons (Fsp3) is 0.500. The summed E-state index contributed by atoms with van der Waals surface area (Å²) >= 11 is 0. The van der Waals surface area contributed by atoms with Crippen molar-refractivity contribution in [2.24, 2.45) is 11.7 Å². The van der Waals surface area contributed by atoms with E-state index in [9.17, 15) is 9.18 Å². The molecule has 98 valence electrons. The van der Waals surface area contributed by atoms with Crippen LogP contribution >= 0.6 is 0 Å². The van der Waals surface area contributed by atoms with Crippen molar-refractivity contribution in [3.05, 3.63) is 35.1 Å². The molecule has 1 aliphatic heterocycles. The number of piperidine rings is 1. The fourth-order valence-electron chi connectivity index (χ4n) is 2.32. The number of carbonyl (C=O) groups is 1. The summed E-state index contributed by atoms with van der Waals surface area (Å²) in [5.41, 5.74) is 7.23. The van der Waals surface area contributed by atoms with Crippen molar-refractivity contribution in [1.29, 1.82) is 0 Å². The summed E-state index contributed by atoms with van der Waals surface area (Å²) in [6.45, 7) is 5.17. The van der Waals surface area contributed by atoms with Crippen molar-refractivity contribution >= 4 is 5.91 Å². The standard InChI is InChI=1S/C14H19FN2O/c1-9-5-6-17(8-13(9)16)14(18)12-4-3-11(15)7-10(12)2/h3-4,7,9,13H,5-6,8,16H2,1-2H3. The van der Waals surface area contributed by atoms with Gasteiger partial charge in [-0.1, -0.05) is 6.92 Å². The molecule has 2 atom stereocenters. The van der Waals surface area contributed by atoms with Crippen molar-refractivity contribution in [1.82, 2.24) is 4.90 Å². The number of amides is 1. The van der Waals surface area contributed by atoms with Crippen LogP contribution in [0.4, 0.5) is 4.39 Å². The zero-order valence-electron chi connectivity index (χ0n) is 10.8. The lowest BCUT2D eigenvalue weighted by Gasteiger charge is -2.35. The molecule has 2 unspecified atom stereocenters. The summed E-state index contributed by atoms with van der Waals surface area (Å²) in [5.74, 6) is 0.0891. The van der Waals surface area contributed by atoms with E-state index in [0.717, 1.165) is 13.0 Å². The zero-order chi connectivity index (χ0) is 13.3. The maximum atomic E-state index is 13.0. The second kappa shape index (κ2) is 5.06. The van der Waals surface area contributed by atoms with E-state index < -0.39 is 0 Å². The molecule has 1 saturated heterocycles. The molecule has 1 aliphatic rings. The molecule has 1 aromatic carbocycles. The van der Waals surface area contributed by atoms with Crippen LogP contribution in [-0.4, -0.2) is 29.9 Å². The minimum atomic E-state index is -0.312. The highest BCUT2D eigenvalue weighted by Crippen LogP contribution is 2.19. The number of hydrogen-bond donors (Lipinski definition) is 1. The first-order chi connectivity index (χ1) is 8.49. The van der Waals surface area contributed by atoms with E-state index in [2.05, 4.69) is 6.92 Å². The molecule has 1 amide bonds. The first kappa shape index (κ1) is 13.0. The number of aryl methyl sites for hydroxylation is 1. The van der Waals surface area contributed by atoms with Crippen LogP contribution in [0, 0.1) is 18.7 Å². The molecule has 1 fully saturated rings. The predicted octanol–water partition coefficient (Wildman–Crippen LogP) is 1.94. The monoisotopic (exact) mass is 250 g/mol. The zero-order valence-corrected chi connectivity index (χ0v) is 10.8. The van der Waals surface area contributed by atoms with Gasteiger partial charge in [0.15, 0.2) is 0 Å². The van der Waals surface area contributed by atoms with Crippen LogP contribution in [0.25, 0.3) is 0 Å². The molecular weight excluding hydrogens is 231 g/mol. The Balaban J connectivity index is 2.16. The third kappa shape index (κ3) is 2.53. The molecular formula is C14H19FN2O. The van der Waals surface area contributed by atoms with Gasteiger partial charge in [0.05, 0.1) is 0 Å². The van der Waals surface area contributed by atoms with Crippen LogP contribution < -0.4 is 5.73 Å². The molecule has 1 heterocycles. The van der Waals surface area contributed by atoms with Crippen molar-refractivity contribution < 1.29 is 9.18 Å². The van der Waals surface area contributed by atoms with E-state index in [0.29, 0.717) is 23.6 Å². The summed E-state index contributed by atoms with van der Waals surface area (Å²) in [6, 6.07) is 4.30. The second-order valence-corrected chi connectivity index (χ2v) is 5.14. The van der Waals surface area contributed by atoms with Gasteiger partial charge in [-0.25, -0.2) is 4.39 Å². The molecule has 0 aliphatic carbocycles. The topological polar surface area (TPSA) is 46.3 Å². The van der Waals surface area contributed by atoms with Crippen LogP contribution in [-0.2, 0) is 0 Å². The summed E-state index contributed by atoms with van der Waals surface area (Å²) in [4.78, 5) is 14.1. The normalized spacial score (nSPS) is 24.1. The molecule has 2 N–H and O–H groups in total. The molecule has 1 aromatic rings. The molecule has 2 rings (SSSR count). The van der Waals surface area contributed by atoms with E-state index in [4.69, 9.17) is 5.73 Å². The van der Waals surface area contributed by atoms with E-state index in [1.807, 2.05) is 0 Å². The average molecular weight is 250 g/mol. The van der Waals surface area contributed by atoms with E-state index in [-0.39, 0.29) is 17.8 Å². The number of carbonyl (C=O) groups excluding carboxylic acids is 1. The minimum absolute atomic E-state index is 0.0310. The van der Waals surface area contributed by atoms with Gasteiger partial charge in [-0.2, -0.15) is 0 Å². The smallest absolute Gasteiger partial charge is 0.254 e. The number of rotatable bonds is 1. The van der Waals surface area contributed by atoms with Gasteiger partial charge in [0.2, 0.25) is 0 Å². The highest BCUT2D eigenvalue weighted by atomic mass is 19.1. The Bertz CT molecular complexity index is 461. The predicted molar refractivity (Wildman–Crippen MR) is 68.8 cm³/mol. The minimum Gasteiger partial charge on any atom is -0.337 e. The van der Waals surface area contributed by atoms with Gasteiger partial charge in [-0.3, -0.25) is 4.79 Å². The van der Waals surface area contributed by atoms with Gasteiger partial charge in [-0.05, 0) is 43.0 Å². The lowest BCUT2D eigenvalue weighted by atomic mass is 9.93. The third-order valence-electron chi connectivity index (χ3n) is 3.72. The number of halogens is 1. The maximum absolute atomic E-state index is 13.0. The molecule has 0 radical (unpaired) electrons. The van der Waals surface area contributed by atoms with Gasteiger partial charge in [0.25, 0.3) is 5.91 Å². The van der Waals surface area contributed by atoms with Gasteiger partial charge in [0.1, 0.15) is 5.82 Å². The quantitative estimate of drug-likeness (QED) is 0.828. The number of likely N-dealkylation sites (tertiary alicyclic amines) is 1. The Morgan fingerprint density at radius 3 is 2.83 bits per heavy atom. The van der Waals surface area contributed by atoms with E-state index in [1.165, 1.54) is 12.1 Å². The Labute approximate surface area is 107 Å². The molecule has 0 saturated carbocycles. The van der Waals surface area contributed by atoms with Crippen LogP contribution in [0.15, 0.2) is 18.2 Å². The lowest BCUT2D eigenvalue weighted by Crippen LogP contribution is -2.49. The molecule has 3 nitrogen and oxygen atoms in total. The molecule has 4 heteroatoms. The van der Waals surface area contributed by atoms with Crippen molar-refractivity contribution in [3.8, 4) is 0 Å². The maximum Gasteiger partial charge on any atom is 0.254 e. The molecule has 18 heavy (non-hydrogen) atoms. The number of nitrogens with zero attached hydrogens (tertiary/aromatic N) is 1. The molecule has 0 bridgehead atoms. The average Bonchev–Trinajstić information content (AvgIpc) is 2.32. The SMILES string of the molecule is Cc1cc(F)ccc1C(=O)N1CCC(C)C(N)C1. The first-order valence-electron chi connectivity index (χ1n) is 6.30. The number of nitrogens with two attached hydrogens (primary N) is 1. The highest BCUT2D eigenvalue weighted by molar-refractivity contribution is 5.95. The number of hydrogen-bond acceptors (Lipinski definition) is 2. The van der Waals surface area contributed by atoms with Crippen LogP contribution in [0.3, 0.4) is 0 Å². The Morgan fingerprint density at radius 2 is 2.22 bits per heavy atom. The fourth-order valence-corrected chi connectivity index (χ4v) is 2.32. The second-order valence-electron chi connectivity index (χ2n) is 5.14. The number of benzene rings is 1. The Hall–Kier alpha value is -1.42. The van der Waals surface area contributed by atoms with Gasteiger partial charge >= 0.3 is 0 Å².